The van der Waals surface area contributed by atoms with E-state index in [1.165, 1.54) is 31.3 Å². The van der Waals surface area contributed by atoms with Crippen LogP contribution in [0, 0.1) is 16.7 Å². The molecule has 1 aliphatic carbocycles. The number of rotatable bonds is 4. The summed E-state index contributed by atoms with van der Waals surface area (Å²) in [6, 6.07) is 2.40. The van der Waals surface area contributed by atoms with Crippen LogP contribution in [-0.4, -0.2) is 0 Å². The SMILES string of the molecule is CCCCCC1=C(C#N)CCC(C)(C)C1. The molecule has 0 aromatic heterocycles. The summed E-state index contributed by atoms with van der Waals surface area (Å²) < 4.78 is 0. The van der Waals surface area contributed by atoms with Crippen LogP contribution < -0.4 is 0 Å². The summed E-state index contributed by atoms with van der Waals surface area (Å²) in [5, 5.41) is 9.08. The smallest absolute Gasteiger partial charge is 0.0946 e. The largest absolute Gasteiger partial charge is 0.193 e. The number of allylic oxidation sites excluding steroid dienone is 2. The molecule has 0 unspecified atom stereocenters. The molecule has 1 rings (SSSR count). The molecule has 1 nitrogen and oxygen atoms in total. The Morgan fingerprint density at radius 1 is 1.33 bits per heavy atom. The van der Waals surface area contributed by atoms with Crippen LogP contribution >= 0.6 is 0 Å². The Bertz CT molecular complexity index is 278. The predicted molar refractivity (Wildman–Crippen MR) is 64.4 cm³/mol. The Hall–Kier alpha value is -0.770. The van der Waals surface area contributed by atoms with Gasteiger partial charge in [0.15, 0.2) is 0 Å². The van der Waals surface area contributed by atoms with Gasteiger partial charge in [0.05, 0.1) is 6.07 Å². The maximum Gasteiger partial charge on any atom is 0.0946 e. The fraction of sp³-hybridized carbons (Fsp3) is 0.786. The van der Waals surface area contributed by atoms with Gasteiger partial charge in [0, 0.05) is 5.57 Å². The molecule has 1 aliphatic rings. The Morgan fingerprint density at radius 3 is 2.67 bits per heavy atom. The first-order valence-corrected chi connectivity index (χ1v) is 6.20. The molecule has 0 atom stereocenters. The van der Waals surface area contributed by atoms with Crippen molar-refractivity contribution in [3.05, 3.63) is 11.1 Å². The highest BCUT2D eigenvalue weighted by molar-refractivity contribution is 5.31. The Kier molecular flexibility index (Phi) is 4.39. The molecule has 0 fully saturated rings. The van der Waals surface area contributed by atoms with E-state index in [2.05, 4.69) is 26.8 Å². The van der Waals surface area contributed by atoms with Crippen LogP contribution in [0.5, 0.6) is 0 Å². The van der Waals surface area contributed by atoms with Crippen molar-refractivity contribution < 1.29 is 0 Å². The van der Waals surface area contributed by atoms with Gasteiger partial charge in [-0.1, -0.05) is 39.2 Å². The van der Waals surface area contributed by atoms with Crippen LogP contribution in [-0.2, 0) is 0 Å². The van der Waals surface area contributed by atoms with Crippen molar-refractivity contribution in [1.29, 1.82) is 5.26 Å². The van der Waals surface area contributed by atoms with Crippen molar-refractivity contribution in [3.8, 4) is 6.07 Å². The molecule has 15 heavy (non-hydrogen) atoms. The van der Waals surface area contributed by atoms with E-state index in [0.29, 0.717) is 5.41 Å². The molecule has 84 valence electrons. The monoisotopic (exact) mass is 205 g/mol. The van der Waals surface area contributed by atoms with E-state index in [1.807, 2.05) is 0 Å². The first-order valence-electron chi connectivity index (χ1n) is 6.20. The summed E-state index contributed by atoms with van der Waals surface area (Å²) in [6.45, 7) is 6.87. The van der Waals surface area contributed by atoms with Gasteiger partial charge in [-0.25, -0.2) is 0 Å². The second kappa shape index (κ2) is 5.35. The van der Waals surface area contributed by atoms with Gasteiger partial charge in [-0.2, -0.15) is 5.26 Å². The fourth-order valence-electron chi connectivity index (χ4n) is 2.38. The second-order valence-corrected chi connectivity index (χ2v) is 5.49. The molecule has 0 aliphatic heterocycles. The molecule has 1 heteroatoms. The molecule has 0 aromatic rings. The minimum atomic E-state index is 0.419. The molecule has 0 N–H and O–H groups in total. The topological polar surface area (TPSA) is 23.8 Å². The molecule has 0 bridgehead atoms. The maximum absolute atomic E-state index is 9.08. The molecule has 0 heterocycles. The molecular formula is C14H23N. The first kappa shape index (κ1) is 12.3. The lowest BCUT2D eigenvalue weighted by Gasteiger charge is -2.31. The van der Waals surface area contributed by atoms with Gasteiger partial charge in [-0.15, -0.1) is 0 Å². The molecule has 0 radical (unpaired) electrons. The van der Waals surface area contributed by atoms with Crippen LogP contribution in [0.15, 0.2) is 11.1 Å². The number of unbranched alkanes of at least 4 members (excludes halogenated alkanes) is 2. The minimum Gasteiger partial charge on any atom is -0.193 e. The van der Waals surface area contributed by atoms with Gasteiger partial charge in [0.25, 0.3) is 0 Å². The van der Waals surface area contributed by atoms with Crippen LogP contribution in [0.2, 0.25) is 0 Å². The lowest BCUT2D eigenvalue weighted by Crippen LogP contribution is -2.18. The summed E-state index contributed by atoms with van der Waals surface area (Å²) >= 11 is 0. The highest BCUT2D eigenvalue weighted by Crippen LogP contribution is 2.40. The Morgan fingerprint density at radius 2 is 2.07 bits per heavy atom. The number of nitriles is 1. The quantitative estimate of drug-likeness (QED) is 0.615. The Labute approximate surface area is 94.2 Å². The number of hydrogen-bond donors (Lipinski definition) is 0. The van der Waals surface area contributed by atoms with Crippen molar-refractivity contribution in [3.63, 3.8) is 0 Å². The molecule has 0 aromatic carbocycles. The summed E-state index contributed by atoms with van der Waals surface area (Å²) in [4.78, 5) is 0. The zero-order chi connectivity index (χ0) is 11.3. The normalized spacial score (nSPS) is 20.1. The predicted octanol–water partition coefficient (Wildman–Crippen LogP) is 4.60. The summed E-state index contributed by atoms with van der Waals surface area (Å²) in [6.07, 6.45) is 8.28. The van der Waals surface area contributed by atoms with E-state index in [0.717, 1.165) is 24.8 Å². The lowest BCUT2D eigenvalue weighted by atomic mass is 9.73. The zero-order valence-corrected chi connectivity index (χ0v) is 10.4. The highest BCUT2D eigenvalue weighted by atomic mass is 14.3. The van der Waals surface area contributed by atoms with Crippen molar-refractivity contribution in [2.45, 2.75) is 65.7 Å². The van der Waals surface area contributed by atoms with Crippen LogP contribution in [0.1, 0.15) is 65.7 Å². The summed E-state index contributed by atoms with van der Waals surface area (Å²) in [5.74, 6) is 0. The van der Waals surface area contributed by atoms with E-state index >= 15 is 0 Å². The van der Waals surface area contributed by atoms with Crippen molar-refractivity contribution >= 4 is 0 Å². The summed E-state index contributed by atoms with van der Waals surface area (Å²) in [7, 11) is 0. The van der Waals surface area contributed by atoms with Gasteiger partial charge in [0.2, 0.25) is 0 Å². The van der Waals surface area contributed by atoms with E-state index < -0.39 is 0 Å². The molecule has 0 amide bonds. The minimum absolute atomic E-state index is 0.419. The van der Waals surface area contributed by atoms with E-state index in [4.69, 9.17) is 5.26 Å². The van der Waals surface area contributed by atoms with Gasteiger partial charge in [0.1, 0.15) is 0 Å². The van der Waals surface area contributed by atoms with Gasteiger partial charge in [-0.05, 0) is 37.5 Å². The van der Waals surface area contributed by atoms with E-state index in [1.54, 1.807) is 0 Å². The molecule has 0 spiro atoms. The molecule has 0 saturated carbocycles. The van der Waals surface area contributed by atoms with Crippen LogP contribution in [0.25, 0.3) is 0 Å². The van der Waals surface area contributed by atoms with Crippen LogP contribution in [0.4, 0.5) is 0 Å². The fourth-order valence-corrected chi connectivity index (χ4v) is 2.38. The number of hydrogen-bond acceptors (Lipinski definition) is 1. The van der Waals surface area contributed by atoms with Crippen molar-refractivity contribution in [2.24, 2.45) is 5.41 Å². The highest BCUT2D eigenvalue weighted by Gasteiger charge is 2.26. The average molecular weight is 205 g/mol. The Balaban J connectivity index is 2.63. The van der Waals surface area contributed by atoms with Crippen LogP contribution in [0.3, 0.4) is 0 Å². The maximum atomic E-state index is 9.08. The van der Waals surface area contributed by atoms with E-state index in [9.17, 15) is 0 Å². The third kappa shape index (κ3) is 3.70. The number of nitrogens with zero attached hydrogens (tertiary/aromatic N) is 1. The van der Waals surface area contributed by atoms with Crippen molar-refractivity contribution in [2.75, 3.05) is 0 Å². The van der Waals surface area contributed by atoms with Gasteiger partial charge >= 0.3 is 0 Å². The third-order valence-electron chi connectivity index (χ3n) is 3.39. The zero-order valence-electron chi connectivity index (χ0n) is 10.4. The molecule has 0 saturated heterocycles. The van der Waals surface area contributed by atoms with Crippen molar-refractivity contribution in [1.82, 2.24) is 0 Å². The summed E-state index contributed by atoms with van der Waals surface area (Å²) in [5.41, 5.74) is 2.95. The molecular weight excluding hydrogens is 182 g/mol. The van der Waals surface area contributed by atoms with E-state index in [-0.39, 0.29) is 0 Å². The standard InChI is InChI=1S/C14H23N/c1-4-5-6-7-12-10-14(2,3)9-8-13(12)11-15/h4-10H2,1-3H3. The third-order valence-corrected chi connectivity index (χ3v) is 3.39. The lowest BCUT2D eigenvalue weighted by molar-refractivity contribution is 0.311. The first-order chi connectivity index (χ1) is 7.09. The average Bonchev–Trinajstić information content (AvgIpc) is 2.17. The van der Waals surface area contributed by atoms with Gasteiger partial charge < -0.3 is 0 Å². The van der Waals surface area contributed by atoms with Gasteiger partial charge in [-0.3, -0.25) is 0 Å². The second-order valence-electron chi connectivity index (χ2n) is 5.49.